The van der Waals surface area contributed by atoms with Crippen molar-refractivity contribution in [1.29, 1.82) is 0 Å². The zero-order valence-electron chi connectivity index (χ0n) is 11.5. The SMILES string of the molecule is CCCC1(CNCc2ccccc2C2CC2)CC1. The first-order valence-electron chi connectivity index (χ1n) is 7.61. The smallest absolute Gasteiger partial charge is 0.0208 e. The van der Waals surface area contributed by atoms with Crippen molar-refractivity contribution in [2.75, 3.05) is 6.54 Å². The molecule has 98 valence electrons. The molecule has 0 aliphatic heterocycles. The van der Waals surface area contributed by atoms with Gasteiger partial charge in [0, 0.05) is 13.1 Å². The minimum Gasteiger partial charge on any atom is -0.312 e. The molecule has 2 aliphatic rings. The van der Waals surface area contributed by atoms with Crippen molar-refractivity contribution < 1.29 is 0 Å². The second-order valence-corrected chi connectivity index (χ2v) is 6.33. The molecule has 3 rings (SSSR count). The molecule has 1 heteroatoms. The highest BCUT2D eigenvalue weighted by Crippen LogP contribution is 2.49. The second-order valence-electron chi connectivity index (χ2n) is 6.33. The van der Waals surface area contributed by atoms with E-state index in [0.29, 0.717) is 5.41 Å². The molecule has 0 aromatic heterocycles. The molecule has 0 heterocycles. The van der Waals surface area contributed by atoms with Crippen molar-refractivity contribution in [3.8, 4) is 0 Å². The highest BCUT2D eigenvalue weighted by Gasteiger charge is 2.40. The van der Waals surface area contributed by atoms with Gasteiger partial charge in [0.2, 0.25) is 0 Å². The van der Waals surface area contributed by atoms with Crippen molar-refractivity contribution in [3.05, 3.63) is 35.4 Å². The Labute approximate surface area is 111 Å². The summed E-state index contributed by atoms with van der Waals surface area (Å²) in [5.41, 5.74) is 3.81. The minimum absolute atomic E-state index is 0.670. The van der Waals surface area contributed by atoms with E-state index in [4.69, 9.17) is 0 Å². The first-order valence-corrected chi connectivity index (χ1v) is 7.61. The Bertz CT molecular complexity index is 402. The average Bonchev–Trinajstić information content (AvgIpc) is 3.25. The van der Waals surface area contributed by atoms with Crippen LogP contribution in [-0.2, 0) is 6.54 Å². The van der Waals surface area contributed by atoms with Gasteiger partial charge in [-0.2, -0.15) is 0 Å². The third kappa shape index (κ3) is 2.77. The Morgan fingerprint density at radius 2 is 2.00 bits per heavy atom. The summed E-state index contributed by atoms with van der Waals surface area (Å²) >= 11 is 0. The van der Waals surface area contributed by atoms with Gasteiger partial charge in [-0.15, -0.1) is 0 Å². The van der Waals surface area contributed by atoms with Crippen LogP contribution in [0.25, 0.3) is 0 Å². The van der Waals surface area contributed by atoms with Crippen molar-refractivity contribution in [3.63, 3.8) is 0 Å². The molecule has 1 aromatic carbocycles. The van der Waals surface area contributed by atoms with Gasteiger partial charge >= 0.3 is 0 Å². The standard InChI is InChI=1S/C17H25N/c1-2-9-17(10-11-17)13-18-12-15-5-3-4-6-16(15)14-7-8-14/h3-6,14,18H,2,7-13H2,1H3. The second kappa shape index (κ2) is 5.05. The van der Waals surface area contributed by atoms with Crippen LogP contribution in [0.2, 0.25) is 0 Å². The number of rotatable bonds is 7. The van der Waals surface area contributed by atoms with E-state index in [-0.39, 0.29) is 0 Å². The summed E-state index contributed by atoms with van der Waals surface area (Å²) in [5.74, 6) is 0.869. The summed E-state index contributed by atoms with van der Waals surface area (Å²) in [4.78, 5) is 0. The number of hydrogen-bond acceptors (Lipinski definition) is 1. The van der Waals surface area contributed by atoms with Crippen molar-refractivity contribution >= 4 is 0 Å². The highest BCUT2D eigenvalue weighted by molar-refractivity contribution is 5.33. The Hall–Kier alpha value is -0.820. The van der Waals surface area contributed by atoms with Crippen LogP contribution in [0.5, 0.6) is 0 Å². The monoisotopic (exact) mass is 243 g/mol. The normalized spacial score (nSPS) is 20.9. The lowest BCUT2D eigenvalue weighted by molar-refractivity contribution is 0.420. The molecule has 1 aromatic rings. The number of benzene rings is 1. The van der Waals surface area contributed by atoms with Crippen LogP contribution >= 0.6 is 0 Å². The molecular weight excluding hydrogens is 218 g/mol. The third-order valence-electron chi connectivity index (χ3n) is 4.63. The lowest BCUT2D eigenvalue weighted by Crippen LogP contribution is -2.24. The van der Waals surface area contributed by atoms with Crippen LogP contribution in [0.15, 0.2) is 24.3 Å². The first-order chi connectivity index (χ1) is 8.83. The summed E-state index contributed by atoms with van der Waals surface area (Å²) in [6, 6.07) is 9.01. The fourth-order valence-corrected chi connectivity index (χ4v) is 3.17. The van der Waals surface area contributed by atoms with E-state index < -0.39 is 0 Å². The highest BCUT2D eigenvalue weighted by atomic mass is 14.9. The topological polar surface area (TPSA) is 12.0 Å². The summed E-state index contributed by atoms with van der Waals surface area (Å²) in [6.07, 6.45) is 8.43. The van der Waals surface area contributed by atoms with Gasteiger partial charge < -0.3 is 5.32 Å². The lowest BCUT2D eigenvalue weighted by Gasteiger charge is -2.16. The molecule has 0 atom stereocenters. The minimum atomic E-state index is 0.670. The number of nitrogens with one attached hydrogen (secondary N) is 1. The van der Waals surface area contributed by atoms with Crippen molar-refractivity contribution in [1.82, 2.24) is 5.32 Å². The zero-order chi connectivity index (χ0) is 12.4. The predicted octanol–water partition coefficient (Wildman–Crippen LogP) is 4.23. The van der Waals surface area contributed by atoms with E-state index in [1.807, 2.05) is 0 Å². The van der Waals surface area contributed by atoms with Gasteiger partial charge in [-0.05, 0) is 54.6 Å². The summed E-state index contributed by atoms with van der Waals surface area (Å²) < 4.78 is 0. The van der Waals surface area contributed by atoms with Crippen LogP contribution in [0, 0.1) is 5.41 Å². The summed E-state index contributed by atoms with van der Waals surface area (Å²) in [7, 11) is 0. The molecule has 0 saturated heterocycles. The maximum atomic E-state index is 3.71. The van der Waals surface area contributed by atoms with Gasteiger partial charge in [0.1, 0.15) is 0 Å². The number of hydrogen-bond donors (Lipinski definition) is 1. The van der Waals surface area contributed by atoms with E-state index >= 15 is 0 Å². The van der Waals surface area contributed by atoms with E-state index in [0.717, 1.165) is 12.5 Å². The molecule has 2 aliphatic carbocycles. The Kier molecular flexibility index (Phi) is 3.43. The van der Waals surface area contributed by atoms with Crippen molar-refractivity contribution in [2.45, 2.75) is 57.9 Å². The fraction of sp³-hybridized carbons (Fsp3) is 0.647. The van der Waals surface area contributed by atoms with Gasteiger partial charge in [-0.25, -0.2) is 0 Å². The zero-order valence-corrected chi connectivity index (χ0v) is 11.5. The largest absolute Gasteiger partial charge is 0.312 e. The molecule has 0 spiro atoms. The van der Waals surface area contributed by atoms with Crippen LogP contribution in [0.4, 0.5) is 0 Å². The molecule has 0 bridgehead atoms. The Morgan fingerprint density at radius 3 is 2.67 bits per heavy atom. The van der Waals surface area contributed by atoms with Gasteiger partial charge in [0.15, 0.2) is 0 Å². The molecule has 2 saturated carbocycles. The van der Waals surface area contributed by atoms with Crippen LogP contribution in [0.3, 0.4) is 0 Å². The Balaban J connectivity index is 1.54. The van der Waals surface area contributed by atoms with Crippen molar-refractivity contribution in [2.24, 2.45) is 5.41 Å². The van der Waals surface area contributed by atoms with Crippen LogP contribution in [-0.4, -0.2) is 6.54 Å². The molecule has 1 nitrogen and oxygen atoms in total. The van der Waals surface area contributed by atoms with Gasteiger partial charge in [-0.1, -0.05) is 37.6 Å². The van der Waals surface area contributed by atoms with Gasteiger partial charge in [0.05, 0.1) is 0 Å². The average molecular weight is 243 g/mol. The van der Waals surface area contributed by atoms with Crippen LogP contribution < -0.4 is 5.32 Å². The van der Waals surface area contributed by atoms with E-state index in [9.17, 15) is 0 Å². The summed E-state index contributed by atoms with van der Waals surface area (Å²) in [6.45, 7) is 4.60. The maximum Gasteiger partial charge on any atom is 0.0208 e. The maximum absolute atomic E-state index is 3.71. The quantitative estimate of drug-likeness (QED) is 0.755. The third-order valence-corrected chi connectivity index (χ3v) is 4.63. The Morgan fingerprint density at radius 1 is 1.22 bits per heavy atom. The van der Waals surface area contributed by atoms with E-state index in [2.05, 4.69) is 36.5 Å². The van der Waals surface area contributed by atoms with Gasteiger partial charge in [0.25, 0.3) is 0 Å². The van der Waals surface area contributed by atoms with E-state index in [1.165, 1.54) is 50.6 Å². The molecule has 0 amide bonds. The van der Waals surface area contributed by atoms with Gasteiger partial charge in [-0.3, -0.25) is 0 Å². The predicted molar refractivity (Wildman–Crippen MR) is 76.7 cm³/mol. The molecule has 1 N–H and O–H groups in total. The molecule has 18 heavy (non-hydrogen) atoms. The lowest BCUT2D eigenvalue weighted by atomic mass is 10.00. The van der Waals surface area contributed by atoms with E-state index in [1.54, 1.807) is 5.56 Å². The molecule has 2 fully saturated rings. The summed E-state index contributed by atoms with van der Waals surface area (Å²) in [5, 5.41) is 3.71. The van der Waals surface area contributed by atoms with Crippen LogP contribution in [0.1, 0.15) is 62.5 Å². The molecule has 0 unspecified atom stereocenters. The molecular formula is C17H25N. The first kappa shape index (κ1) is 12.2. The molecule has 0 radical (unpaired) electrons. The fourth-order valence-electron chi connectivity index (χ4n) is 3.17.